The van der Waals surface area contributed by atoms with E-state index in [2.05, 4.69) is 32.9 Å². The number of hydrogen-bond acceptors (Lipinski definition) is 6. The van der Waals surface area contributed by atoms with Crippen LogP contribution in [0.25, 0.3) is 11.1 Å². The summed E-state index contributed by atoms with van der Waals surface area (Å²) in [6.07, 6.45) is 6.48. The van der Waals surface area contributed by atoms with Gasteiger partial charge in [-0.2, -0.15) is 10.2 Å². The lowest BCUT2D eigenvalue weighted by molar-refractivity contribution is -0.129. The summed E-state index contributed by atoms with van der Waals surface area (Å²) < 4.78 is 9.67. The molecule has 3 aromatic rings. The van der Waals surface area contributed by atoms with Crippen LogP contribution in [0.1, 0.15) is 48.5 Å². The molecule has 9 heteroatoms. The van der Waals surface area contributed by atoms with Crippen molar-refractivity contribution in [2.45, 2.75) is 44.7 Å². The Morgan fingerprint density at radius 3 is 2.83 bits per heavy atom. The lowest BCUT2D eigenvalue weighted by Crippen LogP contribution is -2.36. The third kappa shape index (κ3) is 3.83. The Labute approximate surface area is 204 Å². The van der Waals surface area contributed by atoms with Crippen molar-refractivity contribution in [1.82, 2.24) is 24.5 Å². The molecule has 1 saturated heterocycles. The van der Waals surface area contributed by atoms with Gasteiger partial charge in [0.25, 0.3) is 0 Å². The van der Waals surface area contributed by atoms with Gasteiger partial charge in [-0.25, -0.2) is 0 Å². The number of carbonyl (C=O) groups excluding carboxylic acids is 1. The van der Waals surface area contributed by atoms with E-state index in [1.165, 1.54) is 5.69 Å². The largest absolute Gasteiger partial charge is 0.396 e. The van der Waals surface area contributed by atoms with Crippen LogP contribution in [-0.2, 0) is 29.5 Å². The third-order valence-electron chi connectivity index (χ3n) is 7.74. The van der Waals surface area contributed by atoms with E-state index < -0.39 is 0 Å². The molecule has 35 heavy (non-hydrogen) atoms. The van der Waals surface area contributed by atoms with Gasteiger partial charge in [0.2, 0.25) is 5.91 Å². The standard InChI is InChI=1S/C26H32N6O3/c1-17(34)30-8-6-25-23(14-30)26(28-32(25)21-7-10-35-16-21)31-9-5-19(15-33)22-11-18(3-4-24(22)31)20-12-27-29(2)13-20/h3-4,11-13,19,21,33H,5-10,14-16H2,1-2H3/t19-,21+/m1/s1. The molecule has 9 nitrogen and oxygen atoms in total. The number of nitrogens with zero attached hydrogens (tertiary/aromatic N) is 6. The van der Waals surface area contributed by atoms with Crippen molar-refractivity contribution < 1.29 is 14.6 Å². The molecule has 3 aliphatic rings. The molecule has 2 aromatic heterocycles. The molecule has 0 spiro atoms. The minimum atomic E-state index is 0.0766. The van der Waals surface area contributed by atoms with E-state index >= 15 is 0 Å². The molecule has 2 atom stereocenters. The number of amides is 1. The molecule has 1 aromatic carbocycles. The molecule has 0 radical (unpaired) electrons. The Hall–Kier alpha value is -3.17. The highest BCUT2D eigenvalue weighted by Crippen LogP contribution is 2.43. The van der Waals surface area contributed by atoms with Crippen molar-refractivity contribution in [2.75, 3.05) is 37.8 Å². The van der Waals surface area contributed by atoms with Crippen LogP contribution in [0.15, 0.2) is 30.6 Å². The summed E-state index contributed by atoms with van der Waals surface area (Å²) in [4.78, 5) is 16.5. The van der Waals surface area contributed by atoms with Crippen LogP contribution in [0.4, 0.5) is 11.5 Å². The van der Waals surface area contributed by atoms with Gasteiger partial charge in [0.1, 0.15) is 0 Å². The Balaban J connectivity index is 1.45. The number of ether oxygens (including phenoxy) is 1. The third-order valence-corrected chi connectivity index (χ3v) is 7.74. The van der Waals surface area contributed by atoms with Crippen LogP contribution in [0.3, 0.4) is 0 Å². The molecule has 5 heterocycles. The average Bonchev–Trinajstić information content (AvgIpc) is 3.62. The summed E-state index contributed by atoms with van der Waals surface area (Å²) >= 11 is 0. The minimum Gasteiger partial charge on any atom is -0.396 e. The molecule has 3 aliphatic heterocycles. The van der Waals surface area contributed by atoms with Crippen LogP contribution in [-0.4, -0.2) is 68.4 Å². The van der Waals surface area contributed by atoms with Gasteiger partial charge in [-0.15, -0.1) is 0 Å². The average molecular weight is 477 g/mol. The first-order valence-electron chi connectivity index (χ1n) is 12.5. The first-order chi connectivity index (χ1) is 17.0. The monoisotopic (exact) mass is 476 g/mol. The number of aliphatic hydroxyl groups excluding tert-OH is 1. The molecule has 1 N–H and O–H groups in total. The van der Waals surface area contributed by atoms with Gasteiger partial charge in [-0.3, -0.25) is 14.2 Å². The quantitative estimate of drug-likeness (QED) is 0.623. The van der Waals surface area contributed by atoms with Crippen LogP contribution < -0.4 is 4.90 Å². The number of benzene rings is 1. The highest BCUT2D eigenvalue weighted by molar-refractivity contribution is 5.76. The zero-order valence-electron chi connectivity index (χ0n) is 20.4. The van der Waals surface area contributed by atoms with Crippen molar-refractivity contribution in [3.8, 4) is 11.1 Å². The van der Waals surface area contributed by atoms with Gasteiger partial charge >= 0.3 is 0 Å². The van der Waals surface area contributed by atoms with Crippen LogP contribution in [0.2, 0.25) is 0 Å². The predicted octanol–water partition coefficient (Wildman–Crippen LogP) is 2.77. The van der Waals surface area contributed by atoms with E-state index in [4.69, 9.17) is 9.84 Å². The fourth-order valence-electron chi connectivity index (χ4n) is 5.78. The Bertz CT molecular complexity index is 1260. The second-order valence-corrected chi connectivity index (χ2v) is 9.90. The van der Waals surface area contributed by atoms with Gasteiger partial charge in [0, 0.05) is 74.7 Å². The number of rotatable bonds is 4. The predicted molar refractivity (Wildman–Crippen MR) is 132 cm³/mol. The van der Waals surface area contributed by atoms with Gasteiger partial charge in [0.15, 0.2) is 5.82 Å². The zero-order valence-corrected chi connectivity index (χ0v) is 20.4. The molecule has 184 valence electrons. The number of anilines is 2. The topological polar surface area (TPSA) is 88.7 Å². The molecule has 1 amide bonds. The SMILES string of the molecule is CC(=O)N1CCc2c(c(N3CC[C@H](CO)c4cc(-c5cnn(C)c5)ccc43)nn2[C@H]2CCOC2)C1. The van der Waals surface area contributed by atoms with Gasteiger partial charge in [0.05, 0.1) is 32.0 Å². The summed E-state index contributed by atoms with van der Waals surface area (Å²) in [5.41, 5.74) is 6.73. The molecular formula is C26H32N6O3. The maximum Gasteiger partial charge on any atom is 0.219 e. The number of fused-ring (bicyclic) bond motifs is 2. The number of hydrogen-bond donors (Lipinski definition) is 1. The highest BCUT2D eigenvalue weighted by atomic mass is 16.5. The first-order valence-corrected chi connectivity index (χ1v) is 12.5. The maximum absolute atomic E-state index is 12.2. The lowest BCUT2D eigenvalue weighted by atomic mass is 9.88. The van der Waals surface area contributed by atoms with E-state index in [0.717, 1.165) is 72.7 Å². The molecule has 0 saturated carbocycles. The van der Waals surface area contributed by atoms with E-state index in [1.807, 2.05) is 24.3 Å². The van der Waals surface area contributed by atoms with Gasteiger partial charge < -0.3 is 19.6 Å². The summed E-state index contributed by atoms with van der Waals surface area (Å²) in [7, 11) is 1.92. The van der Waals surface area contributed by atoms with Crippen molar-refractivity contribution in [3.63, 3.8) is 0 Å². The summed E-state index contributed by atoms with van der Waals surface area (Å²) in [5, 5.41) is 19.7. The van der Waals surface area contributed by atoms with Crippen LogP contribution >= 0.6 is 0 Å². The van der Waals surface area contributed by atoms with E-state index in [9.17, 15) is 9.90 Å². The summed E-state index contributed by atoms with van der Waals surface area (Å²) in [6.45, 7) is 5.27. The normalized spacial score (nSPS) is 21.8. The minimum absolute atomic E-state index is 0.0766. The fraction of sp³-hybridized carbons (Fsp3) is 0.500. The number of aliphatic hydroxyl groups is 1. The second kappa shape index (κ2) is 8.80. The van der Waals surface area contributed by atoms with E-state index in [0.29, 0.717) is 13.2 Å². The molecule has 6 rings (SSSR count). The molecule has 1 fully saturated rings. The summed E-state index contributed by atoms with van der Waals surface area (Å²) in [5.74, 6) is 1.11. The Morgan fingerprint density at radius 1 is 1.23 bits per heavy atom. The number of aromatic nitrogens is 4. The summed E-state index contributed by atoms with van der Waals surface area (Å²) in [6, 6.07) is 6.70. The Kier molecular flexibility index (Phi) is 5.61. The molecule has 0 aliphatic carbocycles. The van der Waals surface area contributed by atoms with E-state index in [1.54, 1.807) is 11.6 Å². The molecular weight excluding hydrogens is 444 g/mol. The van der Waals surface area contributed by atoms with Gasteiger partial charge in [-0.1, -0.05) is 6.07 Å². The maximum atomic E-state index is 12.2. The molecule has 0 bridgehead atoms. The first kappa shape index (κ1) is 22.3. The Morgan fingerprint density at radius 2 is 2.11 bits per heavy atom. The van der Waals surface area contributed by atoms with E-state index in [-0.39, 0.29) is 24.5 Å². The lowest BCUT2D eigenvalue weighted by Gasteiger charge is -2.35. The van der Waals surface area contributed by atoms with Crippen molar-refractivity contribution in [3.05, 3.63) is 47.4 Å². The number of carbonyl (C=O) groups is 1. The fourth-order valence-corrected chi connectivity index (χ4v) is 5.78. The molecule has 0 unspecified atom stereocenters. The highest BCUT2D eigenvalue weighted by Gasteiger charge is 2.35. The van der Waals surface area contributed by atoms with Crippen LogP contribution in [0.5, 0.6) is 0 Å². The van der Waals surface area contributed by atoms with Crippen LogP contribution in [0, 0.1) is 0 Å². The van der Waals surface area contributed by atoms with Crippen molar-refractivity contribution in [2.24, 2.45) is 7.05 Å². The van der Waals surface area contributed by atoms with Crippen molar-refractivity contribution >= 4 is 17.4 Å². The zero-order chi connectivity index (χ0) is 24.1. The smallest absolute Gasteiger partial charge is 0.219 e. The van der Waals surface area contributed by atoms with Crippen molar-refractivity contribution in [1.29, 1.82) is 0 Å². The second-order valence-electron chi connectivity index (χ2n) is 9.90. The number of aryl methyl sites for hydroxylation is 1. The van der Waals surface area contributed by atoms with Gasteiger partial charge in [-0.05, 0) is 36.1 Å².